The minimum atomic E-state index is -1.14. The number of carbonyl (C=O) groups is 1. The summed E-state index contributed by atoms with van der Waals surface area (Å²) in [7, 11) is 0. The second-order valence-corrected chi connectivity index (χ2v) is 3.68. The normalized spacial score (nSPS) is 10.3. The number of aromatic carboxylic acids is 1. The number of benzene rings is 1. The first-order valence-electron chi connectivity index (χ1n) is 5.03. The Kier molecular flexibility index (Phi) is 2.80. The molecule has 0 amide bonds. The van der Waals surface area contributed by atoms with Crippen LogP contribution < -0.4 is 0 Å². The van der Waals surface area contributed by atoms with Crippen molar-refractivity contribution in [1.82, 2.24) is 9.78 Å². The lowest BCUT2D eigenvalue weighted by Gasteiger charge is -2.05. The Labute approximate surface area is 101 Å². The Hall–Kier alpha value is -2.70. The molecule has 1 N–H and O–H groups in total. The molecule has 0 aliphatic heterocycles. The lowest BCUT2D eigenvalue weighted by molar-refractivity contribution is -0.384. The lowest BCUT2D eigenvalue weighted by Crippen LogP contribution is -2.03. The van der Waals surface area contributed by atoms with Crippen molar-refractivity contribution < 1.29 is 14.8 Å². The molecule has 92 valence electrons. The predicted molar refractivity (Wildman–Crippen MR) is 61.9 cm³/mol. The highest BCUT2D eigenvalue weighted by Crippen LogP contribution is 2.20. The van der Waals surface area contributed by atoms with E-state index in [0.717, 1.165) is 5.56 Å². The highest BCUT2D eigenvalue weighted by atomic mass is 16.6. The van der Waals surface area contributed by atoms with Crippen LogP contribution in [0.15, 0.2) is 30.5 Å². The van der Waals surface area contributed by atoms with Gasteiger partial charge in [0.05, 0.1) is 10.6 Å². The molecule has 0 aliphatic carbocycles. The number of carboxylic acid groups (broad SMARTS) is 1. The number of nitro groups is 1. The zero-order valence-corrected chi connectivity index (χ0v) is 9.40. The van der Waals surface area contributed by atoms with E-state index in [1.54, 1.807) is 13.0 Å². The number of aromatic nitrogens is 2. The zero-order chi connectivity index (χ0) is 13.3. The van der Waals surface area contributed by atoms with E-state index in [9.17, 15) is 14.9 Å². The molecule has 1 heterocycles. The number of aryl methyl sites for hydroxylation is 1. The Morgan fingerprint density at radius 2 is 2.17 bits per heavy atom. The molecule has 1 aromatic heterocycles. The van der Waals surface area contributed by atoms with Gasteiger partial charge < -0.3 is 5.11 Å². The van der Waals surface area contributed by atoms with Crippen LogP contribution in [0.1, 0.15) is 16.1 Å². The monoisotopic (exact) mass is 247 g/mol. The van der Waals surface area contributed by atoms with E-state index in [4.69, 9.17) is 5.11 Å². The van der Waals surface area contributed by atoms with E-state index in [2.05, 4.69) is 5.10 Å². The van der Waals surface area contributed by atoms with Gasteiger partial charge in [0.1, 0.15) is 0 Å². The summed E-state index contributed by atoms with van der Waals surface area (Å²) >= 11 is 0. The molecule has 0 fully saturated rings. The molecule has 0 saturated carbocycles. The number of hydrogen-bond donors (Lipinski definition) is 1. The van der Waals surface area contributed by atoms with E-state index >= 15 is 0 Å². The van der Waals surface area contributed by atoms with Crippen molar-refractivity contribution in [3.05, 3.63) is 51.8 Å². The first-order chi connectivity index (χ1) is 8.49. The largest absolute Gasteiger partial charge is 0.476 e. The second-order valence-electron chi connectivity index (χ2n) is 3.68. The zero-order valence-electron chi connectivity index (χ0n) is 9.40. The molecular weight excluding hydrogens is 238 g/mol. The van der Waals surface area contributed by atoms with Gasteiger partial charge in [-0.05, 0) is 18.6 Å². The number of non-ortho nitro benzene ring substituents is 1. The Morgan fingerprint density at radius 1 is 1.44 bits per heavy atom. The van der Waals surface area contributed by atoms with Crippen LogP contribution in [-0.2, 0) is 0 Å². The van der Waals surface area contributed by atoms with Crippen molar-refractivity contribution in [2.45, 2.75) is 6.92 Å². The quantitative estimate of drug-likeness (QED) is 0.658. The number of nitro benzene ring substituents is 1. The average Bonchev–Trinajstić information content (AvgIpc) is 2.78. The van der Waals surface area contributed by atoms with Crippen LogP contribution in [-0.4, -0.2) is 25.8 Å². The van der Waals surface area contributed by atoms with Gasteiger partial charge in [-0.1, -0.05) is 6.07 Å². The van der Waals surface area contributed by atoms with Gasteiger partial charge in [0, 0.05) is 18.3 Å². The third kappa shape index (κ3) is 2.05. The van der Waals surface area contributed by atoms with Gasteiger partial charge in [-0.3, -0.25) is 10.1 Å². The molecule has 0 atom stereocenters. The Morgan fingerprint density at radius 3 is 2.72 bits per heavy atom. The molecule has 18 heavy (non-hydrogen) atoms. The lowest BCUT2D eigenvalue weighted by atomic mass is 10.2. The van der Waals surface area contributed by atoms with Gasteiger partial charge in [-0.25, -0.2) is 9.48 Å². The molecule has 0 aliphatic rings. The minimum Gasteiger partial charge on any atom is -0.476 e. The molecular formula is C11H9N3O4. The smallest absolute Gasteiger partial charge is 0.356 e. The summed E-state index contributed by atoms with van der Waals surface area (Å²) in [5.74, 6) is -1.14. The van der Waals surface area contributed by atoms with Crippen LogP contribution in [0.2, 0.25) is 0 Å². The maximum Gasteiger partial charge on any atom is 0.356 e. The maximum absolute atomic E-state index is 10.7. The second kappa shape index (κ2) is 4.28. The van der Waals surface area contributed by atoms with Gasteiger partial charge >= 0.3 is 5.97 Å². The number of hydrogen-bond acceptors (Lipinski definition) is 4. The van der Waals surface area contributed by atoms with Crippen molar-refractivity contribution in [3.63, 3.8) is 0 Å². The first kappa shape index (κ1) is 11.8. The molecule has 0 unspecified atom stereocenters. The molecule has 2 rings (SSSR count). The maximum atomic E-state index is 10.7. The van der Waals surface area contributed by atoms with E-state index in [0.29, 0.717) is 5.69 Å². The molecule has 0 spiro atoms. The standard InChI is InChI=1S/C11H9N3O4/c1-7-2-3-8(14(17)18)6-10(7)13-5-4-9(12-13)11(15)16/h2-6H,1H3,(H,15,16). The molecule has 0 bridgehead atoms. The van der Waals surface area contributed by atoms with E-state index in [1.807, 2.05) is 0 Å². The van der Waals surface area contributed by atoms with E-state index < -0.39 is 10.9 Å². The summed E-state index contributed by atoms with van der Waals surface area (Å²) in [5.41, 5.74) is 1.07. The van der Waals surface area contributed by atoms with Gasteiger partial charge in [0.15, 0.2) is 5.69 Å². The Bertz CT molecular complexity index is 633. The summed E-state index contributed by atoms with van der Waals surface area (Å²) in [6, 6.07) is 5.67. The van der Waals surface area contributed by atoms with Gasteiger partial charge in [0.25, 0.3) is 5.69 Å². The summed E-state index contributed by atoms with van der Waals surface area (Å²) < 4.78 is 1.31. The van der Waals surface area contributed by atoms with Crippen molar-refractivity contribution in [3.8, 4) is 5.69 Å². The fourth-order valence-corrected chi connectivity index (χ4v) is 1.53. The van der Waals surface area contributed by atoms with Gasteiger partial charge in [-0.2, -0.15) is 5.10 Å². The topological polar surface area (TPSA) is 98.3 Å². The fraction of sp³-hybridized carbons (Fsp3) is 0.0909. The van der Waals surface area contributed by atoms with Crippen LogP contribution in [0.4, 0.5) is 5.69 Å². The molecule has 7 nitrogen and oxygen atoms in total. The number of carboxylic acids is 1. The third-order valence-electron chi connectivity index (χ3n) is 2.46. The van der Waals surface area contributed by atoms with Crippen molar-refractivity contribution >= 4 is 11.7 Å². The molecule has 0 saturated heterocycles. The molecule has 7 heteroatoms. The van der Waals surface area contributed by atoms with Crippen LogP contribution in [0.3, 0.4) is 0 Å². The van der Waals surface area contributed by atoms with Crippen LogP contribution in [0.25, 0.3) is 5.69 Å². The Balaban J connectivity index is 2.51. The van der Waals surface area contributed by atoms with Crippen molar-refractivity contribution in [2.24, 2.45) is 0 Å². The van der Waals surface area contributed by atoms with Crippen LogP contribution >= 0.6 is 0 Å². The van der Waals surface area contributed by atoms with E-state index in [-0.39, 0.29) is 11.4 Å². The minimum absolute atomic E-state index is 0.0667. The fourth-order valence-electron chi connectivity index (χ4n) is 1.53. The summed E-state index contributed by atoms with van der Waals surface area (Å²) in [4.78, 5) is 20.9. The SMILES string of the molecule is Cc1ccc([N+](=O)[O-])cc1-n1ccc(C(=O)O)n1. The summed E-state index contributed by atoms with van der Waals surface area (Å²) in [6.07, 6.45) is 1.45. The van der Waals surface area contributed by atoms with E-state index in [1.165, 1.54) is 29.1 Å². The van der Waals surface area contributed by atoms with Crippen LogP contribution in [0, 0.1) is 17.0 Å². The molecule has 1 aromatic carbocycles. The summed E-state index contributed by atoms with van der Waals surface area (Å²) in [6.45, 7) is 1.77. The molecule has 2 aromatic rings. The van der Waals surface area contributed by atoms with Crippen molar-refractivity contribution in [1.29, 1.82) is 0 Å². The van der Waals surface area contributed by atoms with Gasteiger partial charge in [-0.15, -0.1) is 0 Å². The molecule has 0 radical (unpaired) electrons. The van der Waals surface area contributed by atoms with Gasteiger partial charge in [0.2, 0.25) is 0 Å². The first-order valence-corrected chi connectivity index (χ1v) is 5.03. The average molecular weight is 247 g/mol. The van der Waals surface area contributed by atoms with Crippen LogP contribution in [0.5, 0.6) is 0 Å². The summed E-state index contributed by atoms with van der Waals surface area (Å²) in [5, 5.41) is 23.3. The highest BCUT2D eigenvalue weighted by molar-refractivity contribution is 5.85. The number of nitrogens with zero attached hydrogens (tertiary/aromatic N) is 3. The van der Waals surface area contributed by atoms with Crippen molar-refractivity contribution in [2.75, 3.05) is 0 Å². The highest BCUT2D eigenvalue weighted by Gasteiger charge is 2.13. The number of rotatable bonds is 3. The third-order valence-corrected chi connectivity index (χ3v) is 2.46. The predicted octanol–water partition coefficient (Wildman–Crippen LogP) is 1.79.